The number of hydrogen-bond donors (Lipinski definition) is 1. The van der Waals surface area contributed by atoms with E-state index >= 15 is 0 Å². The van der Waals surface area contributed by atoms with Crippen LogP contribution in [0.4, 0.5) is 0 Å². The molecular formula is CH4NNaO7S2. The van der Waals surface area contributed by atoms with Crippen molar-refractivity contribution in [1.82, 2.24) is 0 Å². The molecule has 0 aliphatic carbocycles. The Morgan fingerprint density at radius 1 is 1.42 bits per heavy atom. The number of rotatable bonds is 3. The smallest absolute Gasteiger partial charge is 0.740 e. The summed E-state index contributed by atoms with van der Waals surface area (Å²) in [5.74, 6) is 0. The second-order valence-corrected chi connectivity index (χ2v) is 3.58. The summed E-state index contributed by atoms with van der Waals surface area (Å²) >= 11 is 0. The summed E-state index contributed by atoms with van der Waals surface area (Å²) in [5, 5.41) is 0. The molecule has 68 valence electrons. The van der Waals surface area contributed by atoms with Crippen molar-refractivity contribution in [3.05, 3.63) is 0 Å². The SMILES string of the molecule is CON=S(=O)([O-])OS(=O)(=O)O.[Na+]. The average Bonchev–Trinajstić information content (AvgIpc) is 1.55. The van der Waals surface area contributed by atoms with Crippen molar-refractivity contribution in [2.75, 3.05) is 7.11 Å². The molecular weight excluding hydrogens is 225 g/mol. The summed E-state index contributed by atoms with van der Waals surface area (Å²) in [4.78, 5) is 3.69. The first-order chi connectivity index (χ1) is 4.77. The summed E-state index contributed by atoms with van der Waals surface area (Å²) in [5.41, 5.74) is 0. The van der Waals surface area contributed by atoms with Crippen LogP contribution in [0.15, 0.2) is 4.53 Å². The van der Waals surface area contributed by atoms with Crippen LogP contribution in [0.3, 0.4) is 0 Å². The van der Waals surface area contributed by atoms with Gasteiger partial charge in [-0.1, -0.05) is 4.53 Å². The van der Waals surface area contributed by atoms with Gasteiger partial charge in [0.25, 0.3) is 0 Å². The first-order valence-electron chi connectivity index (χ1n) is 1.96. The molecule has 0 aromatic heterocycles. The molecule has 0 heterocycles. The topological polar surface area (TPSA) is 125 Å². The van der Waals surface area contributed by atoms with E-state index in [0.29, 0.717) is 0 Å². The zero-order chi connectivity index (χ0) is 9.12. The van der Waals surface area contributed by atoms with Gasteiger partial charge >= 0.3 is 40.0 Å². The van der Waals surface area contributed by atoms with E-state index < -0.39 is 20.7 Å². The molecule has 0 aliphatic heterocycles. The van der Waals surface area contributed by atoms with Crippen molar-refractivity contribution < 1.29 is 59.8 Å². The van der Waals surface area contributed by atoms with Crippen LogP contribution in [0, 0.1) is 0 Å². The molecule has 0 radical (unpaired) electrons. The van der Waals surface area contributed by atoms with Crippen LogP contribution in [-0.2, 0) is 29.2 Å². The Morgan fingerprint density at radius 3 is 2.08 bits per heavy atom. The van der Waals surface area contributed by atoms with Crippen molar-refractivity contribution >= 4 is 20.7 Å². The maximum Gasteiger partial charge on any atom is 1.00 e. The summed E-state index contributed by atoms with van der Waals surface area (Å²) in [6.07, 6.45) is 0. The predicted octanol–water partition coefficient (Wildman–Crippen LogP) is -4.12. The van der Waals surface area contributed by atoms with Crippen molar-refractivity contribution in [2.45, 2.75) is 0 Å². The minimum Gasteiger partial charge on any atom is -0.740 e. The van der Waals surface area contributed by atoms with E-state index in [1.165, 1.54) is 0 Å². The van der Waals surface area contributed by atoms with E-state index in [0.717, 1.165) is 7.11 Å². The van der Waals surface area contributed by atoms with Crippen LogP contribution in [0.1, 0.15) is 0 Å². The summed E-state index contributed by atoms with van der Waals surface area (Å²) in [7, 11) is -8.92. The molecule has 0 saturated heterocycles. The Kier molecular flexibility index (Phi) is 6.93. The molecule has 0 aliphatic rings. The van der Waals surface area contributed by atoms with Gasteiger partial charge in [-0.15, -0.1) is 3.63 Å². The zero-order valence-electron chi connectivity index (χ0n) is 6.16. The molecule has 0 bridgehead atoms. The van der Waals surface area contributed by atoms with Gasteiger partial charge in [0.15, 0.2) is 10.3 Å². The van der Waals surface area contributed by atoms with Crippen LogP contribution in [0.2, 0.25) is 0 Å². The van der Waals surface area contributed by atoms with Crippen LogP contribution in [-0.4, -0.2) is 28.8 Å². The quantitative estimate of drug-likeness (QED) is 0.296. The van der Waals surface area contributed by atoms with E-state index in [4.69, 9.17) is 4.55 Å². The Balaban J connectivity index is 0. The minimum atomic E-state index is -5.07. The molecule has 0 amide bonds. The molecule has 11 heteroatoms. The largest absolute Gasteiger partial charge is 1.00 e. The van der Waals surface area contributed by atoms with Gasteiger partial charge in [0.1, 0.15) is 0 Å². The fourth-order valence-corrected chi connectivity index (χ4v) is 1.36. The van der Waals surface area contributed by atoms with E-state index in [2.05, 4.69) is 13.0 Å². The standard InChI is InChI=1S/CH5NO7S2.Na/c1-8-2-10(3,4)9-11(5,6)7;/h1H3,(H,2,3,4)(H,5,6,7);/q;+1/p-1. The van der Waals surface area contributed by atoms with Crippen molar-refractivity contribution in [3.63, 3.8) is 0 Å². The van der Waals surface area contributed by atoms with Crippen molar-refractivity contribution in [3.8, 4) is 0 Å². The van der Waals surface area contributed by atoms with E-state index in [1.54, 1.807) is 0 Å². The molecule has 0 aromatic carbocycles. The third-order valence-corrected chi connectivity index (χ3v) is 2.05. The predicted molar refractivity (Wildman–Crippen MR) is 31.0 cm³/mol. The first-order valence-corrected chi connectivity index (χ1v) is 4.69. The fourth-order valence-electron chi connectivity index (χ4n) is 0.212. The molecule has 1 N–H and O–H groups in total. The molecule has 1 atom stereocenters. The van der Waals surface area contributed by atoms with Gasteiger partial charge in [-0.3, -0.25) is 4.55 Å². The molecule has 0 fully saturated rings. The Bertz CT molecular complexity index is 323. The number of nitrogens with zero attached hydrogens (tertiary/aromatic N) is 1. The van der Waals surface area contributed by atoms with Crippen LogP contribution >= 0.6 is 0 Å². The molecule has 0 aromatic rings. The van der Waals surface area contributed by atoms with Crippen LogP contribution in [0.5, 0.6) is 0 Å². The zero-order valence-corrected chi connectivity index (χ0v) is 9.79. The third kappa shape index (κ3) is 8.83. The van der Waals surface area contributed by atoms with Crippen LogP contribution in [0.25, 0.3) is 0 Å². The van der Waals surface area contributed by atoms with Gasteiger partial charge in [0, 0.05) is 0 Å². The molecule has 0 spiro atoms. The average molecular weight is 229 g/mol. The summed E-state index contributed by atoms with van der Waals surface area (Å²) in [6, 6.07) is 0. The first kappa shape index (κ1) is 15.2. The summed E-state index contributed by atoms with van der Waals surface area (Å²) in [6.45, 7) is 0. The molecule has 0 rings (SSSR count). The molecule has 12 heavy (non-hydrogen) atoms. The van der Waals surface area contributed by atoms with Crippen molar-refractivity contribution in [1.29, 1.82) is 0 Å². The van der Waals surface area contributed by atoms with Gasteiger partial charge < -0.3 is 4.55 Å². The Hall–Kier alpha value is 0.740. The molecule has 0 saturated carbocycles. The monoisotopic (exact) mass is 229 g/mol. The second-order valence-electron chi connectivity index (χ2n) is 1.18. The van der Waals surface area contributed by atoms with Crippen LogP contribution < -0.4 is 29.6 Å². The number of hydrogen-bond acceptors (Lipinski definition) is 7. The normalized spacial score (nSPS) is 15.9. The second kappa shape index (κ2) is 5.47. The molecule has 8 nitrogen and oxygen atoms in total. The Labute approximate surface area is 91.7 Å². The fraction of sp³-hybridized carbons (Fsp3) is 1.00. The van der Waals surface area contributed by atoms with Gasteiger partial charge in [-0.25, -0.2) is 9.05 Å². The van der Waals surface area contributed by atoms with Gasteiger partial charge in [0.2, 0.25) is 0 Å². The summed E-state index contributed by atoms with van der Waals surface area (Å²) < 4.78 is 53.1. The van der Waals surface area contributed by atoms with Gasteiger partial charge in [-0.2, -0.15) is 8.42 Å². The van der Waals surface area contributed by atoms with Gasteiger partial charge in [0.05, 0.1) is 7.11 Å². The van der Waals surface area contributed by atoms with E-state index in [9.17, 15) is 17.2 Å². The maximum absolute atomic E-state index is 10.2. The molecule has 1 unspecified atom stereocenters. The van der Waals surface area contributed by atoms with Gasteiger partial charge in [-0.05, 0) is 0 Å². The third-order valence-electron chi connectivity index (χ3n) is 0.338. The van der Waals surface area contributed by atoms with Crippen molar-refractivity contribution in [2.24, 2.45) is 4.53 Å². The van der Waals surface area contributed by atoms with E-state index in [1.807, 2.05) is 0 Å². The van der Waals surface area contributed by atoms with E-state index in [-0.39, 0.29) is 29.6 Å². The Morgan fingerprint density at radius 2 is 1.83 bits per heavy atom. The minimum absolute atomic E-state index is 0. The maximum atomic E-state index is 10.2.